The van der Waals surface area contributed by atoms with Gasteiger partial charge in [-0.15, -0.1) is 10.2 Å². The molecule has 0 fully saturated rings. The maximum Gasteiger partial charge on any atom is 0.265 e. The summed E-state index contributed by atoms with van der Waals surface area (Å²) in [6.45, 7) is 0. The quantitative estimate of drug-likeness (QED) is 0.721. The van der Waals surface area contributed by atoms with Gasteiger partial charge in [-0.2, -0.15) is 0 Å². The third kappa shape index (κ3) is 1.65. The molecule has 6 heteroatoms. The molecule has 1 aromatic carbocycles. The predicted molar refractivity (Wildman–Crippen MR) is 59.0 cm³/mol. The van der Waals surface area contributed by atoms with Crippen molar-refractivity contribution >= 4 is 5.65 Å². The van der Waals surface area contributed by atoms with Crippen LogP contribution >= 0.6 is 0 Å². The third-order valence-corrected chi connectivity index (χ3v) is 2.26. The zero-order valence-corrected chi connectivity index (χ0v) is 8.69. The first kappa shape index (κ1) is 9.59. The van der Waals surface area contributed by atoms with Gasteiger partial charge in [-0.25, -0.2) is 4.98 Å². The van der Waals surface area contributed by atoms with Crippen molar-refractivity contribution in [3.8, 4) is 17.4 Å². The first-order valence-electron chi connectivity index (χ1n) is 4.95. The Balaban J connectivity index is 2.06. The molecule has 0 spiro atoms. The van der Waals surface area contributed by atoms with Crippen LogP contribution in [-0.4, -0.2) is 24.7 Å². The third-order valence-electron chi connectivity index (χ3n) is 2.26. The molecular formula is C11H8N4O2. The lowest BCUT2D eigenvalue weighted by molar-refractivity contribution is 0.404. The Morgan fingerprint density at radius 1 is 1.24 bits per heavy atom. The van der Waals surface area contributed by atoms with Gasteiger partial charge in [0.05, 0.1) is 0 Å². The van der Waals surface area contributed by atoms with Gasteiger partial charge in [0.2, 0.25) is 5.65 Å². The second-order valence-corrected chi connectivity index (χ2v) is 3.36. The van der Waals surface area contributed by atoms with Crippen molar-refractivity contribution in [3.05, 3.63) is 43.0 Å². The number of phenols is 1. The van der Waals surface area contributed by atoms with Crippen LogP contribution < -0.4 is 4.74 Å². The van der Waals surface area contributed by atoms with Crippen LogP contribution in [0.1, 0.15) is 0 Å². The Bertz CT molecular complexity index is 665. The monoisotopic (exact) mass is 228 g/mol. The lowest BCUT2D eigenvalue weighted by atomic mass is 10.3. The molecule has 3 aromatic rings. The van der Waals surface area contributed by atoms with E-state index in [1.165, 1.54) is 0 Å². The number of ether oxygens (including phenoxy) is 1. The number of phenolic OH excluding ortho intramolecular Hbond substituents is 1. The van der Waals surface area contributed by atoms with Crippen molar-refractivity contribution in [1.29, 1.82) is 0 Å². The number of hydrogen-bond donors (Lipinski definition) is 1. The zero-order valence-electron chi connectivity index (χ0n) is 8.69. The minimum atomic E-state index is 0.0517. The van der Waals surface area contributed by atoms with Crippen LogP contribution in [0.3, 0.4) is 0 Å². The molecule has 0 aliphatic carbocycles. The highest BCUT2D eigenvalue weighted by atomic mass is 16.5. The summed E-state index contributed by atoms with van der Waals surface area (Å²) < 4.78 is 7.18. The summed E-state index contributed by atoms with van der Waals surface area (Å²) in [6, 6.07) is 6.67. The molecule has 0 saturated heterocycles. The Morgan fingerprint density at radius 3 is 3.00 bits per heavy atom. The molecule has 3 rings (SSSR count). The molecule has 17 heavy (non-hydrogen) atoms. The first-order valence-corrected chi connectivity index (χ1v) is 4.95. The average Bonchev–Trinajstić information content (AvgIpc) is 2.81. The van der Waals surface area contributed by atoms with E-state index in [2.05, 4.69) is 15.2 Å². The SMILES string of the molecule is Oc1ccccc1Oc1nccn2cnnc12. The number of fused-ring (bicyclic) bond motifs is 1. The van der Waals surface area contributed by atoms with Crippen LogP contribution in [0.5, 0.6) is 17.4 Å². The zero-order chi connectivity index (χ0) is 11.7. The second kappa shape index (κ2) is 3.75. The van der Waals surface area contributed by atoms with Crippen molar-refractivity contribution in [2.75, 3.05) is 0 Å². The summed E-state index contributed by atoms with van der Waals surface area (Å²) in [5.41, 5.74) is 0.496. The fraction of sp³-hybridized carbons (Fsp3) is 0. The van der Waals surface area contributed by atoms with E-state index in [1.807, 2.05) is 0 Å². The number of rotatable bonds is 2. The van der Waals surface area contributed by atoms with E-state index in [0.29, 0.717) is 17.3 Å². The van der Waals surface area contributed by atoms with E-state index >= 15 is 0 Å². The van der Waals surface area contributed by atoms with Crippen molar-refractivity contribution in [1.82, 2.24) is 19.6 Å². The van der Waals surface area contributed by atoms with E-state index < -0.39 is 0 Å². The summed E-state index contributed by atoms with van der Waals surface area (Å²) in [6.07, 6.45) is 4.84. The van der Waals surface area contributed by atoms with Crippen LogP contribution in [0.15, 0.2) is 43.0 Å². The highest BCUT2D eigenvalue weighted by Crippen LogP contribution is 2.29. The molecular weight excluding hydrogens is 220 g/mol. The fourth-order valence-corrected chi connectivity index (χ4v) is 1.45. The number of hydrogen-bond acceptors (Lipinski definition) is 5. The lowest BCUT2D eigenvalue weighted by Gasteiger charge is -2.06. The first-order chi connectivity index (χ1) is 8.34. The van der Waals surface area contributed by atoms with Crippen LogP contribution in [0.25, 0.3) is 5.65 Å². The molecule has 0 atom stereocenters. The van der Waals surface area contributed by atoms with E-state index in [0.717, 1.165) is 0 Å². The van der Waals surface area contributed by atoms with Gasteiger partial charge in [0, 0.05) is 12.4 Å². The molecule has 0 aliphatic rings. The normalized spacial score (nSPS) is 10.6. The second-order valence-electron chi connectivity index (χ2n) is 3.36. The van der Waals surface area contributed by atoms with E-state index in [-0.39, 0.29) is 5.75 Å². The summed E-state index contributed by atoms with van der Waals surface area (Å²) in [5.74, 6) is 0.679. The molecule has 0 saturated carbocycles. The predicted octanol–water partition coefficient (Wildman–Crippen LogP) is 1.62. The lowest BCUT2D eigenvalue weighted by Crippen LogP contribution is -1.93. The highest BCUT2D eigenvalue weighted by molar-refractivity contribution is 5.51. The van der Waals surface area contributed by atoms with Gasteiger partial charge >= 0.3 is 0 Å². The molecule has 1 N–H and O–H groups in total. The molecule has 0 radical (unpaired) electrons. The Labute approximate surface area is 96.1 Å². The van der Waals surface area contributed by atoms with Gasteiger partial charge < -0.3 is 9.84 Å². The smallest absolute Gasteiger partial charge is 0.265 e. The largest absolute Gasteiger partial charge is 0.504 e. The summed E-state index contributed by atoms with van der Waals surface area (Å²) in [4.78, 5) is 4.06. The van der Waals surface area contributed by atoms with Crippen molar-refractivity contribution < 1.29 is 9.84 Å². The molecule has 0 aliphatic heterocycles. The van der Waals surface area contributed by atoms with Gasteiger partial charge in [-0.1, -0.05) is 12.1 Å². The van der Waals surface area contributed by atoms with Gasteiger partial charge in [-0.3, -0.25) is 4.40 Å². The van der Waals surface area contributed by atoms with Crippen molar-refractivity contribution in [3.63, 3.8) is 0 Å². The minimum absolute atomic E-state index is 0.0517. The minimum Gasteiger partial charge on any atom is -0.504 e. The van der Waals surface area contributed by atoms with Crippen LogP contribution in [0.4, 0.5) is 0 Å². The maximum absolute atomic E-state index is 9.60. The average molecular weight is 228 g/mol. The standard InChI is InChI=1S/C11H8N4O2/c16-8-3-1-2-4-9(8)17-11-10-14-13-7-15(10)6-5-12-11/h1-7,16H. The van der Waals surface area contributed by atoms with Gasteiger partial charge in [0.25, 0.3) is 5.88 Å². The number of para-hydroxylation sites is 2. The molecule has 0 bridgehead atoms. The Kier molecular flexibility index (Phi) is 2.11. The maximum atomic E-state index is 9.60. The van der Waals surface area contributed by atoms with Crippen molar-refractivity contribution in [2.24, 2.45) is 0 Å². The molecule has 6 nitrogen and oxygen atoms in total. The van der Waals surface area contributed by atoms with E-state index in [1.54, 1.807) is 47.4 Å². The number of aromatic hydroxyl groups is 1. The number of aromatic nitrogens is 4. The van der Waals surface area contributed by atoms with Crippen LogP contribution in [0, 0.1) is 0 Å². The van der Waals surface area contributed by atoms with Crippen molar-refractivity contribution in [2.45, 2.75) is 0 Å². The summed E-state index contributed by atoms with van der Waals surface area (Å²) in [7, 11) is 0. The van der Waals surface area contributed by atoms with Crippen LogP contribution in [0.2, 0.25) is 0 Å². The topological polar surface area (TPSA) is 72.5 Å². The molecule has 0 amide bonds. The van der Waals surface area contributed by atoms with Gasteiger partial charge in [0.15, 0.2) is 11.5 Å². The van der Waals surface area contributed by atoms with E-state index in [4.69, 9.17) is 4.74 Å². The Hall–Kier alpha value is -2.63. The molecule has 84 valence electrons. The summed E-state index contributed by atoms with van der Waals surface area (Å²) >= 11 is 0. The van der Waals surface area contributed by atoms with Gasteiger partial charge in [0.1, 0.15) is 6.33 Å². The summed E-state index contributed by atoms with van der Waals surface area (Å²) in [5, 5.41) is 17.2. The highest BCUT2D eigenvalue weighted by Gasteiger charge is 2.09. The van der Waals surface area contributed by atoms with Gasteiger partial charge in [-0.05, 0) is 12.1 Å². The number of nitrogens with zero attached hydrogens (tertiary/aromatic N) is 4. The molecule has 2 aromatic heterocycles. The fourth-order valence-electron chi connectivity index (χ4n) is 1.45. The Morgan fingerprint density at radius 2 is 2.12 bits per heavy atom. The molecule has 0 unspecified atom stereocenters. The van der Waals surface area contributed by atoms with Crippen LogP contribution in [-0.2, 0) is 0 Å². The van der Waals surface area contributed by atoms with E-state index in [9.17, 15) is 5.11 Å². The number of benzene rings is 1. The molecule has 2 heterocycles.